The van der Waals surface area contributed by atoms with E-state index < -0.39 is 0 Å². The molecule has 134 valence electrons. The lowest BCUT2D eigenvalue weighted by Crippen LogP contribution is -2.39. The molecule has 3 rings (SSSR count). The Balaban J connectivity index is 1.44. The van der Waals surface area contributed by atoms with Crippen molar-refractivity contribution in [1.29, 1.82) is 0 Å². The van der Waals surface area contributed by atoms with Gasteiger partial charge in [0.25, 0.3) is 0 Å². The molecular weight excluding hydrogens is 325 g/mol. The first kappa shape index (κ1) is 17.4. The fourth-order valence-corrected chi connectivity index (χ4v) is 3.02. The van der Waals surface area contributed by atoms with Crippen molar-refractivity contribution in [1.82, 2.24) is 15.0 Å². The van der Waals surface area contributed by atoms with Gasteiger partial charge in [-0.3, -0.25) is 4.79 Å². The number of hydrogen-bond acceptors (Lipinski definition) is 5. The molecule has 2 heterocycles. The molecule has 0 radical (unpaired) electrons. The molecule has 1 amide bonds. The molecule has 0 unspecified atom stereocenters. The number of benzene rings is 1. The molecule has 2 aromatic rings. The minimum atomic E-state index is -0.386. The van der Waals surface area contributed by atoms with Crippen LogP contribution in [0.2, 0.25) is 0 Å². The number of ether oxygens (including phenoxy) is 1. The van der Waals surface area contributed by atoms with Gasteiger partial charge in [-0.25, -0.2) is 4.39 Å². The van der Waals surface area contributed by atoms with Crippen LogP contribution >= 0.6 is 0 Å². The van der Waals surface area contributed by atoms with Crippen LogP contribution in [0.4, 0.5) is 4.39 Å². The quantitative estimate of drug-likeness (QED) is 0.751. The number of hydrogen-bond donors (Lipinski definition) is 0. The number of para-hydroxylation sites is 1. The average Bonchev–Trinajstić information content (AvgIpc) is 3.06. The van der Waals surface area contributed by atoms with Gasteiger partial charge in [-0.1, -0.05) is 17.3 Å². The van der Waals surface area contributed by atoms with Gasteiger partial charge in [0.2, 0.25) is 11.8 Å². The molecule has 1 saturated heterocycles. The Morgan fingerprint density at radius 3 is 3.04 bits per heavy atom. The third-order valence-electron chi connectivity index (χ3n) is 4.31. The number of carbonyl (C=O) groups excluding carboxylic acids is 1. The summed E-state index contributed by atoms with van der Waals surface area (Å²) in [4.78, 5) is 18.5. The van der Waals surface area contributed by atoms with Gasteiger partial charge in [0.1, 0.15) is 0 Å². The molecule has 1 aliphatic heterocycles. The smallest absolute Gasteiger partial charge is 0.223 e. The summed E-state index contributed by atoms with van der Waals surface area (Å²) < 4.78 is 23.9. The lowest BCUT2D eigenvalue weighted by atomic mass is 9.97. The van der Waals surface area contributed by atoms with Gasteiger partial charge < -0.3 is 14.2 Å². The van der Waals surface area contributed by atoms with Crippen LogP contribution in [0.1, 0.15) is 43.3 Å². The summed E-state index contributed by atoms with van der Waals surface area (Å²) in [5, 5.41) is 3.97. The van der Waals surface area contributed by atoms with Crippen molar-refractivity contribution < 1.29 is 18.4 Å². The van der Waals surface area contributed by atoms with Crippen molar-refractivity contribution in [2.45, 2.75) is 38.5 Å². The number of nitrogens with zero attached hydrogens (tertiary/aromatic N) is 3. The van der Waals surface area contributed by atoms with E-state index in [1.54, 1.807) is 25.1 Å². The molecule has 25 heavy (non-hydrogen) atoms. The maximum absolute atomic E-state index is 13.5. The van der Waals surface area contributed by atoms with E-state index in [2.05, 4.69) is 10.1 Å². The molecule has 0 spiro atoms. The number of carbonyl (C=O) groups is 1. The summed E-state index contributed by atoms with van der Waals surface area (Å²) in [7, 11) is 0. The molecule has 1 aliphatic rings. The summed E-state index contributed by atoms with van der Waals surface area (Å²) in [6.45, 7) is 3.44. The Kier molecular flexibility index (Phi) is 5.63. The number of aromatic nitrogens is 2. The summed E-state index contributed by atoms with van der Waals surface area (Å²) in [6, 6.07) is 6.27. The molecule has 0 bridgehead atoms. The number of halogens is 1. The lowest BCUT2D eigenvalue weighted by molar-refractivity contribution is -0.132. The number of rotatable bonds is 6. The first-order chi connectivity index (χ1) is 12.1. The van der Waals surface area contributed by atoms with E-state index in [4.69, 9.17) is 9.26 Å². The Labute approximate surface area is 146 Å². The third-order valence-corrected chi connectivity index (χ3v) is 4.31. The van der Waals surface area contributed by atoms with E-state index in [0.29, 0.717) is 37.7 Å². The second kappa shape index (κ2) is 8.09. The summed E-state index contributed by atoms with van der Waals surface area (Å²) in [6.07, 6.45) is 2.82. The highest BCUT2D eigenvalue weighted by atomic mass is 19.1. The first-order valence-corrected chi connectivity index (χ1v) is 8.59. The highest BCUT2D eigenvalue weighted by molar-refractivity contribution is 5.76. The molecule has 0 N–H and O–H groups in total. The minimum Gasteiger partial charge on any atom is -0.491 e. The standard InChI is InChI=1S/C18H22FN3O3/c1-13-20-18(21-25-13)14-6-4-10-22(12-14)17(23)9-5-11-24-16-8-3-2-7-15(16)19/h2-3,7-8,14H,4-6,9-12H2,1H3/t14-/m0/s1. The predicted octanol–water partition coefficient (Wildman–Crippen LogP) is 3.08. The van der Waals surface area contributed by atoms with E-state index in [0.717, 1.165) is 19.4 Å². The van der Waals surface area contributed by atoms with Gasteiger partial charge in [-0.15, -0.1) is 0 Å². The molecular formula is C18H22FN3O3. The normalized spacial score (nSPS) is 17.5. The van der Waals surface area contributed by atoms with Crippen LogP contribution in [-0.2, 0) is 4.79 Å². The summed E-state index contributed by atoms with van der Waals surface area (Å²) in [5.74, 6) is 1.28. The van der Waals surface area contributed by atoms with Gasteiger partial charge in [0, 0.05) is 32.4 Å². The number of piperidine rings is 1. The highest BCUT2D eigenvalue weighted by Crippen LogP contribution is 2.25. The fraction of sp³-hybridized carbons (Fsp3) is 0.500. The fourth-order valence-electron chi connectivity index (χ4n) is 3.02. The second-order valence-corrected chi connectivity index (χ2v) is 6.23. The van der Waals surface area contributed by atoms with Crippen LogP contribution in [0.5, 0.6) is 5.75 Å². The van der Waals surface area contributed by atoms with E-state index >= 15 is 0 Å². The first-order valence-electron chi connectivity index (χ1n) is 8.59. The van der Waals surface area contributed by atoms with Crippen LogP contribution < -0.4 is 4.74 Å². The highest BCUT2D eigenvalue weighted by Gasteiger charge is 2.27. The molecule has 0 saturated carbocycles. The van der Waals surface area contributed by atoms with Gasteiger partial charge in [0.15, 0.2) is 17.4 Å². The number of aryl methyl sites for hydroxylation is 1. The molecule has 0 aliphatic carbocycles. The van der Waals surface area contributed by atoms with Crippen LogP contribution in [0.15, 0.2) is 28.8 Å². The zero-order valence-corrected chi connectivity index (χ0v) is 14.3. The van der Waals surface area contributed by atoms with Crippen molar-refractivity contribution in [2.75, 3.05) is 19.7 Å². The number of amides is 1. The topological polar surface area (TPSA) is 68.5 Å². The second-order valence-electron chi connectivity index (χ2n) is 6.23. The SMILES string of the molecule is Cc1nc([C@H]2CCCN(C(=O)CCCOc3ccccc3F)C2)no1. The van der Waals surface area contributed by atoms with Crippen LogP contribution in [-0.4, -0.2) is 40.6 Å². The summed E-state index contributed by atoms with van der Waals surface area (Å²) >= 11 is 0. The van der Waals surface area contributed by atoms with E-state index in [-0.39, 0.29) is 23.4 Å². The van der Waals surface area contributed by atoms with Gasteiger partial charge in [0.05, 0.1) is 6.61 Å². The van der Waals surface area contributed by atoms with Gasteiger partial charge in [-0.2, -0.15) is 4.98 Å². The van der Waals surface area contributed by atoms with E-state index in [1.165, 1.54) is 6.07 Å². The zero-order chi connectivity index (χ0) is 17.6. The minimum absolute atomic E-state index is 0.0852. The van der Waals surface area contributed by atoms with Crippen LogP contribution in [0, 0.1) is 12.7 Å². The van der Waals surface area contributed by atoms with Crippen molar-refractivity contribution in [3.63, 3.8) is 0 Å². The van der Waals surface area contributed by atoms with Crippen molar-refractivity contribution in [3.05, 3.63) is 41.8 Å². The maximum atomic E-state index is 13.5. The van der Waals surface area contributed by atoms with Gasteiger partial charge >= 0.3 is 0 Å². The Morgan fingerprint density at radius 1 is 1.44 bits per heavy atom. The van der Waals surface area contributed by atoms with Gasteiger partial charge in [-0.05, 0) is 31.4 Å². The average molecular weight is 347 g/mol. The monoisotopic (exact) mass is 347 g/mol. The van der Waals surface area contributed by atoms with Crippen molar-refractivity contribution >= 4 is 5.91 Å². The largest absolute Gasteiger partial charge is 0.491 e. The van der Waals surface area contributed by atoms with Crippen LogP contribution in [0.3, 0.4) is 0 Å². The molecule has 6 nitrogen and oxygen atoms in total. The predicted molar refractivity (Wildman–Crippen MR) is 88.7 cm³/mol. The third kappa shape index (κ3) is 4.55. The Hall–Kier alpha value is -2.44. The molecule has 1 atom stereocenters. The zero-order valence-electron chi connectivity index (χ0n) is 14.3. The lowest BCUT2D eigenvalue weighted by Gasteiger charge is -2.31. The summed E-state index contributed by atoms with van der Waals surface area (Å²) in [5.41, 5.74) is 0. The number of likely N-dealkylation sites (tertiary alicyclic amines) is 1. The maximum Gasteiger partial charge on any atom is 0.223 e. The van der Waals surface area contributed by atoms with E-state index in [1.807, 2.05) is 4.90 Å². The molecule has 1 aromatic heterocycles. The molecule has 7 heteroatoms. The Bertz CT molecular complexity index is 719. The Morgan fingerprint density at radius 2 is 2.28 bits per heavy atom. The van der Waals surface area contributed by atoms with Crippen molar-refractivity contribution in [2.24, 2.45) is 0 Å². The van der Waals surface area contributed by atoms with Crippen molar-refractivity contribution in [3.8, 4) is 5.75 Å². The van der Waals surface area contributed by atoms with E-state index in [9.17, 15) is 9.18 Å². The molecule has 1 fully saturated rings. The van der Waals surface area contributed by atoms with Crippen LogP contribution in [0.25, 0.3) is 0 Å². The molecule has 1 aromatic carbocycles.